The maximum atomic E-state index is 11.7. The topological polar surface area (TPSA) is 73.4 Å². The maximum absolute atomic E-state index is 11.7. The Balaban J connectivity index is 1.97. The van der Waals surface area contributed by atoms with Crippen molar-refractivity contribution >= 4 is 28.4 Å². The molecule has 0 bridgehead atoms. The first-order valence-corrected chi connectivity index (χ1v) is 10.2. The number of nitro benzene ring substituents is 1. The molecular weight excluding hydrogens is 376 g/mol. The van der Waals surface area contributed by atoms with Crippen LogP contribution in [0.1, 0.15) is 13.8 Å². The SMILES string of the molecule is CCN(CC)CCn1nc2c3c(c([N+](=O)[O-])cc(OC)c31)Sc1ccccc1-2. The zero-order valence-electron chi connectivity index (χ0n) is 16.1. The molecular formula is C20H22N4O3S. The summed E-state index contributed by atoms with van der Waals surface area (Å²) < 4.78 is 7.50. The fraction of sp³-hybridized carbons (Fsp3) is 0.350. The lowest BCUT2D eigenvalue weighted by molar-refractivity contribution is -0.387. The standard InChI is InChI=1S/C20H22N4O3S/c1-4-22(5-2)10-11-23-19-15(27-3)12-14(24(25)26)20-17(19)18(21-23)13-8-6-7-9-16(13)28-20/h6-9,12H,4-5,10-11H2,1-3H3. The second-order valence-electron chi connectivity index (χ2n) is 6.60. The molecule has 0 radical (unpaired) electrons. The zero-order valence-corrected chi connectivity index (χ0v) is 17.0. The normalized spacial score (nSPS) is 12.4. The minimum absolute atomic E-state index is 0.0633. The van der Waals surface area contributed by atoms with Gasteiger partial charge in [0.15, 0.2) is 5.75 Å². The van der Waals surface area contributed by atoms with Crippen LogP contribution in [0.15, 0.2) is 40.1 Å². The second kappa shape index (κ2) is 7.44. The van der Waals surface area contributed by atoms with Gasteiger partial charge in [-0.25, -0.2) is 0 Å². The molecule has 1 aliphatic heterocycles. The van der Waals surface area contributed by atoms with Crippen molar-refractivity contribution in [2.45, 2.75) is 30.2 Å². The van der Waals surface area contributed by atoms with Gasteiger partial charge in [0.1, 0.15) is 16.1 Å². The minimum Gasteiger partial charge on any atom is -0.494 e. The van der Waals surface area contributed by atoms with Crippen molar-refractivity contribution in [3.63, 3.8) is 0 Å². The molecule has 0 N–H and O–H groups in total. The highest BCUT2D eigenvalue weighted by atomic mass is 32.2. The van der Waals surface area contributed by atoms with Crippen molar-refractivity contribution in [3.8, 4) is 17.0 Å². The number of hydrogen-bond acceptors (Lipinski definition) is 6. The maximum Gasteiger partial charge on any atom is 0.287 e. The molecule has 0 spiro atoms. The lowest BCUT2D eigenvalue weighted by Crippen LogP contribution is -2.27. The smallest absolute Gasteiger partial charge is 0.287 e. The van der Waals surface area contributed by atoms with Crippen molar-refractivity contribution in [2.24, 2.45) is 0 Å². The Morgan fingerprint density at radius 3 is 2.71 bits per heavy atom. The molecule has 3 aromatic rings. The molecule has 8 heteroatoms. The van der Waals surface area contributed by atoms with Crippen LogP contribution in [0.5, 0.6) is 5.75 Å². The summed E-state index contributed by atoms with van der Waals surface area (Å²) in [6, 6.07) is 9.45. The fourth-order valence-corrected chi connectivity index (χ4v) is 4.87. The van der Waals surface area contributed by atoms with Gasteiger partial charge in [-0.1, -0.05) is 43.8 Å². The van der Waals surface area contributed by atoms with Crippen molar-refractivity contribution in [3.05, 3.63) is 40.4 Å². The van der Waals surface area contributed by atoms with Gasteiger partial charge in [0.25, 0.3) is 5.69 Å². The highest BCUT2D eigenvalue weighted by molar-refractivity contribution is 8.00. The Kier molecular flexibility index (Phi) is 4.99. The molecule has 4 rings (SSSR count). The largest absolute Gasteiger partial charge is 0.494 e. The number of rotatable bonds is 7. The van der Waals surface area contributed by atoms with Crippen LogP contribution in [-0.4, -0.2) is 46.3 Å². The Hall–Kier alpha value is -2.58. The Labute approximate surface area is 167 Å². The zero-order chi connectivity index (χ0) is 19.8. The molecule has 0 aliphatic carbocycles. The number of hydrogen-bond donors (Lipinski definition) is 0. The monoisotopic (exact) mass is 398 g/mol. The van der Waals surface area contributed by atoms with Crippen LogP contribution in [0, 0.1) is 10.1 Å². The number of fused-ring (bicyclic) bond motifs is 2. The Morgan fingerprint density at radius 2 is 2.04 bits per heavy atom. The molecule has 0 saturated carbocycles. The Bertz CT molecular complexity index is 1060. The van der Waals surface area contributed by atoms with Crippen LogP contribution in [-0.2, 0) is 6.54 Å². The van der Waals surface area contributed by atoms with Crippen LogP contribution >= 0.6 is 11.8 Å². The number of likely N-dealkylation sites (N-methyl/N-ethyl adjacent to an activating group) is 1. The summed E-state index contributed by atoms with van der Waals surface area (Å²) in [6.07, 6.45) is 0. The number of ether oxygens (including phenoxy) is 1. The van der Waals surface area contributed by atoms with E-state index in [0.29, 0.717) is 17.2 Å². The van der Waals surface area contributed by atoms with Crippen LogP contribution in [0.4, 0.5) is 5.69 Å². The number of methoxy groups -OCH3 is 1. The number of aromatic nitrogens is 2. The van der Waals surface area contributed by atoms with Crippen molar-refractivity contribution < 1.29 is 9.66 Å². The van der Waals surface area contributed by atoms with Gasteiger partial charge < -0.3 is 9.64 Å². The quantitative estimate of drug-likeness (QED) is 0.339. The third-order valence-corrected chi connectivity index (χ3v) is 6.40. The average molecular weight is 398 g/mol. The van der Waals surface area contributed by atoms with Crippen LogP contribution < -0.4 is 4.74 Å². The summed E-state index contributed by atoms with van der Waals surface area (Å²) in [5, 5.41) is 17.4. The van der Waals surface area contributed by atoms with Crippen LogP contribution in [0.25, 0.3) is 22.2 Å². The molecule has 0 atom stereocenters. The highest BCUT2D eigenvalue weighted by Crippen LogP contribution is 2.53. The summed E-state index contributed by atoms with van der Waals surface area (Å²) >= 11 is 1.43. The highest BCUT2D eigenvalue weighted by Gasteiger charge is 2.32. The first-order chi connectivity index (χ1) is 13.6. The predicted octanol–water partition coefficient (Wildman–Crippen LogP) is 4.43. The fourth-order valence-electron chi connectivity index (χ4n) is 3.70. The molecule has 2 heterocycles. The van der Waals surface area contributed by atoms with E-state index in [1.807, 2.05) is 28.9 Å². The van der Waals surface area contributed by atoms with Gasteiger partial charge in [0, 0.05) is 17.0 Å². The summed E-state index contributed by atoms with van der Waals surface area (Å²) in [6.45, 7) is 7.76. The van der Waals surface area contributed by atoms with E-state index in [-0.39, 0.29) is 10.6 Å². The minimum atomic E-state index is -0.338. The average Bonchev–Trinajstić information content (AvgIpc) is 3.10. The summed E-state index contributed by atoms with van der Waals surface area (Å²) in [5.74, 6) is 0.490. The molecule has 146 valence electrons. The van der Waals surface area contributed by atoms with E-state index in [1.165, 1.54) is 17.8 Å². The van der Waals surface area contributed by atoms with Crippen molar-refractivity contribution in [1.82, 2.24) is 14.7 Å². The number of nitrogens with zero attached hydrogens (tertiary/aromatic N) is 4. The van der Waals surface area contributed by atoms with E-state index < -0.39 is 0 Å². The van der Waals surface area contributed by atoms with Crippen LogP contribution in [0.2, 0.25) is 0 Å². The van der Waals surface area contributed by atoms with Gasteiger partial charge in [-0.15, -0.1) is 0 Å². The number of nitro groups is 1. The predicted molar refractivity (Wildman–Crippen MR) is 110 cm³/mol. The lowest BCUT2D eigenvalue weighted by Gasteiger charge is -2.18. The summed E-state index contributed by atoms with van der Waals surface area (Å²) in [4.78, 5) is 15.4. The van der Waals surface area contributed by atoms with E-state index in [4.69, 9.17) is 9.84 Å². The van der Waals surface area contributed by atoms with E-state index in [0.717, 1.165) is 46.7 Å². The summed E-state index contributed by atoms with van der Waals surface area (Å²) in [5.41, 5.74) is 2.69. The van der Waals surface area contributed by atoms with Gasteiger partial charge in [-0.3, -0.25) is 14.8 Å². The van der Waals surface area contributed by atoms with Crippen molar-refractivity contribution in [2.75, 3.05) is 26.7 Å². The van der Waals surface area contributed by atoms with Crippen molar-refractivity contribution in [1.29, 1.82) is 0 Å². The van der Waals surface area contributed by atoms with E-state index in [1.54, 1.807) is 7.11 Å². The van der Waals surface area contributed by atoms with Crippen LogP contribution in [0.3, 0.4) is 0 Å². The molecule has 1 aromatic heterocycles. The molecule has 0 fully saturated rings. The van der Waals surface area contributed by atoms with E-state index in [2.05, 4.69) is 18.7 Å². The third-order valence-electron chi connectivity index (χ3n) is 5.21. The number of benzene rings is 2. The Morgan fingerprint density at radius 1 is 1.29 bits per heavy atom. The molecule has 0 amide bonds. The second-order valence-corrected chi connectivity index (χ2v) is 7.66. The molecule has 1 aliphatic rings. The molecule has 0 unspecified atom stereocenters. The molecule has 7 nitrogen and oxygen atoms in total. The van der Waals surface area contributed by atoms with Gasteiger partial charge >= 0.3 is 0 Å². The lowest BCUT2D eigenvalue weighted by atomic mass is 10.1. The first kappa shape index (κ1) is 18.8. The molecule has 2 aromatic carbocycles. The first-order valence-electron chi connectivity index (χ1n) is 9.34. The van der Waals surface area contributed by atoms with Gasteiger partial charge in [-0.2, -0.15) is 5.10 Å². The van der Waals surface area contributed by atoms with Gasteiger partial charge in [-0.05, 0) is 19.2 Å². The van der Waals surface area contributed by atoms with E-state index >= 15 is 0 Å². The van der Waals surface area contributed by atoms with E-state index in [9.17, 15) is 10.1 Å². The molecule has 28 heavy (non-hydrogen) atoms. The third kappa shape index (κ3) is 2.93. The molecule has 0 saturated heterocycles. The van der Waals surface area contributed by atoms with Gasteiger partial charge in [0.2, 0.25) is 0 Å². The van der Waals surface area contributed by atoms with Gasteiger partial charge in [0.05, 0.1) is 30.0 Å². The summed E-state index contributed by atoms with van der Waals surface area (Å²) in [7, 11) is 1.55.